The van der Waals surface area contributed by atoms with Crippen LogP contribution in [0.2, 0.25) is 0 Å². The molecule has 3 heterocycles. The molecule has 1 amide bonds. The molecule has 0 atom stereocenters. The van der Waals surface area contributed by atoms with Crippen molar-refractivity contribution in [2.45, 2.75) is 6.54 Å². The molecule has 0 bridgehead atoms. The minimum atomic E-state index is -0.355. The highest BCUT2D eigenvalue weighted by Gasteiger charge is 2.18. The van der Waals surface area contributed by atoms with Gasteiger partial charge in [0, 0.05) is 42.2 Å². The predicted octanol–water partition coefficient (Wildman–Crippen LogP) is 4.40. The molecule has 5 aromatic rings. The molecule has 0 spiro atoms. The molecule has 2 aromatic carbocycles. The number of carbonyl (C=O) groups is 1. The molecular weight excluding hydrogens is 461 g/mol. The van der Waals surface area contributed by atoms with Gasteiger partial charge in [0.15, 0.2) is 5.82 Å². The molecular formula is C26H22FN7O2. The monoisotopic (exact) mass is 483 g/mol. The quantitative estimate of drug-likeness (QED) is 0.337. The van der Waals surface area contributed by atoms with Crippen LogP contribution < -0.4 is 10.6 Å². The van der Waals surface area contributed by atoms with E-state index >= 15 is 0 Å². The zero-order valence-corrected chi connectivity index (χ0v) is 19.4. The summed E-state index contributed by atoms with van der Waals surface area (Å²) in [6.07, 6.45) is 3.31. The molecule has 36 heavy (non-hydrogen) atoms. The Kier molecular flexibility index (Phi) is 6.59. The number of aromatic nitrogens is 5. The SMILES string of the molecule is COCC(=O)Nc1cc(Nc2ccncc2)nc(-c2nn(Cc3ccccc3F)c3ccccc23)n1. The van der Waals surface area contributed by atoms with Crippen LogP contribution in [0.25, 0.3) is 22.4 Å². The molecule has 0 fully saturated rings. The lowest BCUT2D eigenvalue weighted by Gasteiger charge is -2.10. The van der Waals surface area contributed by atoms with Gasteiger partial charge in [0.1, 0.15) is 29.8 Å². The molecule has 10 heteroatoms. The topological polar surface area (TPSA) is 107 Å². The summed E-state index contributed by atoms with van der Waals surface area (Å²) in [5.74, 6) is 0.372. The number of rotatable bonds is 8. The van der Waals surface area contributed by atoms with Crippen LogP contribution >= 0.6 is 0 Å². The van der Waals surface area contributed by atoms with Crippen molar-refractivity contribution in [1.82, 2.24) is 24.7 Å². The van der Waals surface area contributed by atoms with Crippen molar-refractivity contribution in [1.29, 1.82) is 0 Å². The summed E-state index contributed by atoms with van der Waals surface area (Å²) in [7, 11) is 1.44. The van der Waals surface area contributed by atoms with Gasteiger partial charge < -0.3 is 15.4 Å². The number of pyridine rings is 1. The minimum absolute atomic E-state index is 0.118. The first-order valence-electron chi connectivity index (χ1n) is 11.1. The maximum atomic E-state index is 14.4. The summed E-state index contributed by atoms with van der Waals surface area (Å²) in [5, 5.41) is 11.5. The molecule has 0 saturated heterocycles. The molecule has 9 nitrogen and oxygen atoms in total. The van der Waals surface area contributed by atoms with Gasteiger partial charge >= 0.3 is 0 Å². The number of benzene rings is 2. The number of nitrogens with zero attached hydrogens (tertiary/aromatic N) is 5. The third-order valence-corrected chi connectivity index (χ3v) is 5.37. The summed E-state index contributed by atoms with van der Waals surface area (Å²) in [4.78, 5) is 25.4. The molecule has 0 aliphatic rings. The van der Waals surface area contributed by atoms with E-state index in [1.165, 1.54) is 13.2 Å². The second-order valence-electron chi connectivity index (χ2n) is 7.92. The highest BCUT2D eigenvalue weighted by molar-refractivity contribution is 5.94. The second-order valence-corrected chi connectivity index (χ2v) is 7.92. The number of ether oxygens (including phenoxy) is 1. The Morgan fingerprint density at radius 2 is 1.75 bits per heavy atom. The maximum Gasteiger partial charge on any atom is 0.251 e. The number of carbonyl (C=O) groups excluding carboxylic acids is 1. The van der Waals surface area contributed by atoms with Gasteiger partial charge in [0.05, 0.1) is 12.1 Å². The number of methoxy groups -OCH3 is 1. The standard InChI is InChI=1S/C26H22FN7O2/c1-36-16-24(35)30-23-14-22(29-18-10-12-28-13-11-18)31-26(32-23)25-19-7-3-5-9-21(19)34(33-25)15-17-6-2-4-8-20(17)27/h2-14H,15-16H2,1H3,(H2,28,29,30,31,32,35). The predicted molar refractivity (Wildman–Crippen MR) is 134 cm³/mol. The molecule has 0 unspecified atom stereocenters. The molecule has 0 aliphatic carbocycles. The Bertz CT molecular complexity index is 1520. The van der Waals surface area contributed by atoms with Crippen LogP contribution in [0.15, 0.2) is 79.1 Å². The van der Waals surface area contributed by atoms with Crippen LogP contribution in [0.4, 0.5) is 21.7 Å². The molecule has 5 rings (SSSR count). The third-order valence-electron chi connectivity index (χ3n) is 5.37. The zero-order chi connectivity index (χ0) is 24.9. The van der Waals surface area contributed by atoms with Gasteiger partial charge in [0.25, 0.3) is 5.91 Å². The van der Waals surface area contributed by atoms with Crippen molar-refractivity contribution in [3.63, 3.8) is 0 Å². The van der Waals surface area contributed by atoms with E-state index in [1.807, 2.05) is 24.3 Å². The van der Waals surface area contributed by atoms with Crippen molar-refractivity contribution < 1.29 is 13.9 Å². The normalized spacial score (nSPS) is 10.9. The molecule has 180 valence electrons. The first kappa shape index (κ1) is 23.1. The summed E-state index contributed by atoms with van der Waals surface area (Å²) < 4.78 is 21.0. The maximum absolute atomic E-state index is 14.4. The molecule has 0 radical (unpaired) electrons. The van der Waals surface area contributed by atoms with Gasteiger partial charge in [0.2, 0.25) is 0 Å². The number of para-hydroxylation sites is 1. The van der Waals surface area contributed by atoms with E-state index < -0.39 is 0 Å². The van der Waals surface area contributed by atoms with E-state index in [0.29, 0.717) is 22.9 Å². The Morgan fingerprint density at radius 1 is 1.00 bits per heavy atom. The Hall–Kier alpha value is -4.70. The molecule has 0 saturated carbocycles. The lowest BCUT2D eigenvalue weighted by atomic mass is 10.2. The average Bonchev–Trinajstić information content (AvgIpc) is 3.24. The number of halogens is 1. The van der Waals surface area contributed by atoms with Gasteiger partial charge in [-0.05, 0) is 24.3 Å². The minimum Gasteiger partial charge on any atom is -0.375 e. The van der Waals surface area contributed by atoms with E-state index in [4.69, 9.17) is 9.84 Å². The summed E-state index contributed by atoms with van der Waals surface area (Å²) in [6.45, 7) is 0.117. The van der Waals surface area contributed by atoms with Gasteiger partial charge in [-0.15, -0.1) is 0 Å². The van der Waals surface area contributed by atoms with E-state index in [9.17, 15) is 9.18 Å². The summed E-state index contributed by atoms with van der Waals surface area (Å²) in [5.41, 5.74) is 2.58. The van der Waals surface area contributed by atoms with Crippen molar-refractivity contribution in [2.24, 2.45) is 0 Å². The second kappa shape index (κ2) is 10.3. The average molecular weight is 484 g/mol. The number of fused-ring (bicyclic) bond motifs is 1. The van der Waals surface area contributed by atoms with Gasteiger partial charge in [-0.25, -0.2) is 14.4 Å². The number of amides is 1. The van der Waals surface area contributed by atoms with Gasteiger partial charge in [-0.3, -0.25) is 14.5 Å². The van der Waals surface area contributed by atoms with Crippen LogP contribution in [0.3, 0.4) is 0 Å². The third kappa shape index (κ3) is 5.03. The van der Waals surface area contributed by atoms with Gasteiger partial charge in [-0.1, -0.05) is 36.4 Å². The fourth-order valence-electron chi connectivity index (χ4n) is 3.78. The van der Waals surface area contributed by atoms with Crippen LogP contribution in [0, 0.1) is 5.82 Å². The fraction of sp³-hybridized carbons (Fsp3) is 0.115. The molecule has 2 N–H and O–H groups in total. The number of hydrogen-bond acceptors (Lipinski definition) is 7. The first-order chi connectivity index (χ1) is 17.6. The van der Waals surface area contributed by atoms with Crippen molar-refractivity contribution >= 4 is 34.1 Å². The van der Waals surface area contributed by atoms with Crippen LogP contribution in [-0.2, 0) is 16.1 Å². The number of nitrogens with one attached hydrogen (secondary N) is 2. The van der Waals surface area contributed by atoms with Crippen molar-refractivity contribution in [3.05, 3.63) is 90.5 Å². The number of hydrogen-bond donors (Lipinski definition) is 2. The lowest BCUT2D eigenvalue weighted by molar-refractivity contribution is -0.119. The lowest BCUT2D eigenvalue weighted by Crippen LogP contribution is -2.18. The fourth-order valence-corrected chi connectivity index (χ4v) is 3.78. The highest BCUT2D eigenvalue weighted by atomic mass is 19.1. The van der Waals surface area contributed by atoms with Crippen LogP contribution in [0.5, 0.6) is 0 Å². The Labute approximate surface area is 206 Å². The summed E-state index contributed by atoms with van der Waals surface area (Å²) in [6, 6.07) is 19.4. The Morgan fingerprint density at radius 3 is 2.56 bits per heavy atom. The Balaban J connectivity index is 1.59. The smallest absolute Gasteiger partial charge is 0.251 e. The summed E-state index contributed by atoms with van der Waals surface area (Å²) >= 11 is 0. The van der Waals surface area contributed by atoms with E-state index in [2.05, 4.69) is 25.6 Å². The molecule has 0 aliphatic heterocycles. The van der Waals surface area contributed by atoms with Crippen LogP contribution in [-0.4, -0.2) is 44.4 Å². The molecule has 3 aromatic heterocycles. The van der Waals surface area contributed by atoms with Crippen LogP contribution in [0.1, 0.15) is 5.56 Å². The van der Waals surface area contributed by atoms with E-state index in [1.54, 1.807) is 53.5 Å². The van der Waals surface area contributed by atoms with E-state index in [0.717, 1.165) is 16.6 Å². The van der Waals surface area contributed by atoms with Crippen molar-refractivity contribution in [3.8, 4) is 11.5 Å². The first-order valence-corrected chi connectivity index (χ1v) is 11.1. The van der Waals surface area contributed by atoms with Crippen molar-refractivity contribution in [2.75, 3.05) is 24.4 Å². The highest BCUT2D eigenvalue weighted by Crippen LogP contribution is 2.29. The number of anilines is 3. The zero-order valence-electron chi connectivity index (χ0n) is 19.4. The largest absolute Gasteiger partial charge is 0.375 e. The van der Waals surface area contributed by atoms with E-state index in [-0.39, 0.29) is 30.7 Å². The van der Waals surface area contributed by atoms with Gasteiger partial charge in [-0.2, -0.15) is 5.10 Å².